The van der Waals surface area contributed by atoms with Gasteiger partial charge < -0.3 is 9.84 Å². The number of nitro groups is 1. The zero-order valence-corrected chi connectivity index (χ0v) is 11.8. The highest BCUT2D eigenvalue weighted by atomic mass is 35.5. The normalized spacial score (nSPS) is 10.2. The number of carbonyl (C=O) groups is 1. The molecule has 1 N–H and O–H groups in total. The van der Waals surface area contributed by atoms with Gasteiger partial charge in [-0.25, -0.2) is 4.79 Å². The fourth-order valence-corrected chi connectivity index (χ4v) is 2.14. The van der Waals surface area contributed by atoms with Crippen molar-refractivity contribution in [3.63, 3.8) is 0 Å². The fourth-order valence-electron chi connectivity index (χ4n) is 1.63. The maximum atomic E-state index is 10.9. The number of carboxylic acids is 1. The van der Waals surface area contributed by atoms with Crippen LogP contribution < -0.4 is 4.74 Å². The summed E-state index contributed by atoms with van der Waals surface area (Å²) < 4.78 is 5.40. The highest BCUT2D eigenvalue weighted by Gasteiger charge is 2.20. The minimum Gasteiger partial charge on any atom is -0.477 e. The Balaban J connectivity index is 2.39. The third kappa shape index (κ3) is 3.62. The second kappa shape index (κ2) is 5.99. The van der Waals surface area contributed by atoms with Crippen LogP contribution in [0.4, 0.5) is 5.69 Å². The van der Waals surface area contributed by atoms with E-state index in [2.05, 4.69) is 0 Å². The molecule has 0 unspecified atom stereocenters. The first-order chi connectivity index (χ1) is 9.86. The molecule has 0 aliphatic carbocycles. The van der Waals surface area contributed by atoms with Gasteiger partial charge in [-0.1, -0.05) is 23.2 Å². The number of nitro benzene ring substituents is 1. The summed E-state index contributed by atoms with van der Waals surface area (Å²) in [5, 5.41) is 20.5. The summed E-state index contributed by atoms with van der Waals surface area (Å²) in [6.07, 6.45) is 0. The Morgan fingerprint density at radius 1 is 1.10 bits per heavy atom. The highest BCUT2D eigenvalue weighted by Crippen LogP contribution is 2.31. The van der Waals surface area contributed by atoms with Crippen molar-refractivity contribution in [3.8, 4) is 11.5 Å². The van der Waals surface area contributed by atoms with Gasteiger partial charge in [0.25, 0.3) is 5.69 Å². The largest absolute Gasteiger partial charge is 0.477 e. The molecule has 8 heteroatoms. The number of nitrogens with zero attached hydrogens (tertiary/aromatic N) is 1. The van der Waals surface area contributed by atoms with E-state index in [-0.39, 0.29) is 11.5 Å². The van der Waals surface area contributed by atoms with Gasteiger partial charge in [0.05, 0.1) is 11.0 Å². The van der Waals surface area contributed by atoms with Gasteiger partial charge in [0.15, 0.2) is 0 Å². The highest BCUT2D eigenvalue weighted by molar-refractivity contribution is 6.34. The summed E-state index contributed by atoms with van der Waals surface area (Å²) in [7, 11) is 0. The Kier molecular flexibility index (Phi) is 4.30. The third-order valence-corrected chi connectivity index (χ3v) is 2.90. The molecule has 0 aliphatic heterocycles. The molecule has 0 spiro atoms. The van der Waals surface area contributed by atoms with Crippen LogP contribution in [0.1, 0.15) is 10.4 Å². The second-order valence-electron chi connectivity index (χ2n) is 3.95. The average Bonchev–Trinajstić information content (AvgIpc) is 2.36. The predicted octanol–water partition coefficient (Wildman–Crippen LogP) is 4.39. The molecule has 0 bridgehead atoms. The summed E-state index contributed by atoms with van der Waals surface area (Å²) in [5.41, 5.74) is -0.982. The molecule has 0 heterocycles. The Labute approximate surface area is 128 Å². The molecular weight excluding hydrogens is 321 g/mol. The Hall–Kier alpha value is -2.31. The van der Waals surface area contributed by atoms with Crippen molar-refractivity contribution in [3.05, 3.63) is 62.1 Å². The van der Waals surface area contributed by atoms with Crippen LogP contribution in [-0.4, -0.2) is 16.0 Å². The van der Waals surface area contributed by atoms with E-state index in [1.165, 1.54) is 24.3 Å². The first-order valence-electron chi connectivity index (χ1n) is 5.52. The minimum absolute atomic E-state index is 0.102. The standard InChI is InChI=1S/C13H7Cl2NO5/c14-7-3-8(15)5-10(4-7)21-9-1-2-11(13(17)18)12(6-9)16(19)20/h1-6H,(H,17,18). The molecule has 0 aromatic heterocycles. The van der Waals surface area contributed by atoms with Crippen LogP contribution in [0.15, 0.2) is 36.4 Å². The number of aromatic carboxylic acids is 1. The molecule has 2 rings (SSSR count). The SMILES string of the molecule is O=C(O)c1ccc(Oc2cc(Cl)cc(Cl)c2)cc1[N+](=O)[O-]. The smallest absolute Gasteiger partial charge is 0.342 e. The van der Waals surface area contributed by atoms with Crippen molar-refractivity contribution in [1.82, 2.24) is 0 Å². The Bertz CT molecular complexity index is 712. The summed E-state index contributed by atoms with van der Waals surface area (Å²) in [5.74, 6) is -1.01. The molecule has 2 aromatic rings. The van der Waals surface area contributed by atoms with Crippen LogP contribution in [0.5, 0.6) is 11.5 Å². The number of rotatable bonds is 4. The van der Waals surface area contributed by atoms with Crippen molar-refractivity contribution >= 4 is 34.9 Å². The fraction of sp³-hybridized carbons (Fsp3) is 0. The first kappa shape index (κ1) is 15.1. The molecule has 0 radical (unpaired) electrons. The lowest BCUT2D eigenvalue weighted by Gasteiger charge is -2.07. The molecule has 108 valence electrons. The number of ether oxygens (including phenoxy) is 1. The zero-order chi connectivity index (χ0) is 15.6. The quantitative estimate of drug-likeness (QED) is 0.664. The number of halogens is 2. The summed E-state index contributed by atoms with van der Waals surface area (Å²) in [6, 6.07) is 7.90. The summed E-state index contributed by atoms with van der Waals surface area (Å²) >= 11 is 11.6. The lowest BCUT2D eigenvalue weighted by Crippen LogP contribution is -2.02. The lowest BCUT2D eigenvalue weighted by molar-refractivity contribution is -0.385. The summed E-state index contributed by atoms with van der Waals surface area (Å²) in [4.78, 5) is 21.0. The van der Waals surface area contributed by atoms with E-state index >= 15 is 0 Å². The lowest BCUT2D eigenvalue weighted by atomic mass is 10.1. The molecule has 0 saturated heterocycles. The van der Waals surface area contributed by atoms with Crippen molar-refractivity contribution in [1.29, 1.82) is 0 Å². The van der Waals surface area contributed by atoms with Crippen LogP contribution >= 0.6 is 23.2 Å². The number of carboxylic acid groups (broad SMARTS) is 1. The second-order valence-corrected chi connectivity index (χ2v) is 4.82. The van der Waals surface area contributed by atoms with E-state index in [4.69, 9.17) is 33.0 Å². The van der Waals surface area contributed by atoms with E-state index in [0.29, 0.717) is 10.0 Å². The molecule has 2 aromatic carbocycles. The Morgan fingerprint density at radius 2 is 1.71 bits per heavy atom. The average molecular weight is 328 g/mol. The molecule has 6 nitrogen and oxygen atoms in total. The van der Waals surface area contributed by atoms with E-state index in [9.17, 15) is 14.9 Å². The van der Waals surface area contributed by atoms with Crippen LogP contribution in [0.3, 0.4) is 0 Å². The molecule has 21 heavy (non-hydrogen) atoms. The number of hydrogen-bond donors (Lipinski definition) is 1. The van der Waals surface area contributed by atoms with Gasteiger partial charge in [-0.3, -0.25) is 10.1 Å². The topological polar surface area (TPSA) is 89.7 Å². The van der Waals surface area contributed by atoms with Crippen LogP contribution in [0.25, 0.3) is 0 Å². The molecular formula is C13H7Cl2NO5. The van der Waals surface area contributed by atoms with Gasteiger partial charge in [0.2, 0.25) is 0 Å². The predicted molar refractivity (Wildman–Crippen MR) is 76.6 cm³/mol. The van der Waals surface area contributed by atoms with Gasteiger partial charge in [-0.2, -0.15) is 0 Å². The summed E-state index contributed by atoms with van der Waals surface area (Å²) in [6.45, 7) is 0. The maximum Gasteiger partial charge on any atom is 0.342 e. The minimum atomic E-state index is -1.39. The molecule has 0 atom stereocenters. The van der Waals surface area contributed by atoms with Gasteiger partial charge in [0.1, 0.15) is 17.1 Å². The van der Waals surface area contributed by atoms with Crippen molar-refractivity contribution in [2.75, 3.05) is 0 Å². The van der Waals surface area contributed by atoms with E-state index in [1.807, 2.05) is 0 Å². The van der Waals surface area contributed by atoms with Crippen molar-refractivity contribution < 1.29 is 19.6 Å². The van der Waals surface area contributed by atoms with E-state index < -0.39 is 22.1 Å². The molecule has 0 saturated carbocycles. The number of benzene rings is 2. The number of hydrogen-bond acceptors (Lipinski definition) is 4. The van der Waals surface area contributed by atoms with Crippen molar-refractivity contribution in [2.45, 2.75) is 0 Å². The van der Waals surface area contributed by atoms with E-state index in [0.717, 1.165) is 12.1 Å². The monoisotopic (exact) mass is 327 g/mol. The Morgan fingerprint density at radius 3 is 2.24 bits per heavy atom. The van der Waals surface area contributed by atoms with Gasteiger partial charge in [-0.15, -0.1) is 0 Å². The first-order valence-corrected chi connectivity index (χ1v) is 6.28. The molecule has 0 aliphatic rings. The molecule has 0 fully saturated rings. The van der Waals surface area contributed by atoms with E-state index in [1.54, 1.807) is 0 Å². The van der Waals surface area contributed by atoms with Crippen molar-refractivity contribution in [2.24, 2.45) is 0 Å². The third-order valence-electron chi connectivity index (χ3n) is 2.47. The van der Waals surface area contributed by atoms with Crippen LogP contribution in [0.2, 0.25) is 10.0 Å². The van der Waals surface area contributed by atoms with Gasteiger partial charge in [0, 0.05) is 10.0 Å². The van der Waals surface area contributed by atoms with Gasteiger partial charge >= 0.3 is 5.97 Å². The molecule has 0 amide bonds. The maximum absolute atomic E-state index is 10.9. The van der Waals surface area contributed by atoms with Crippen LogP contribution in [0, 0.1) is 10.1 Å². The van der Waals surface area contributed by atoms with Crippen LogP contribution in [-0.2, 0) is 0 Å². The van der Waals surface area contributed by atoms with Gasteiger partial charge in [-0.05, 0) is 30.3 Å². The zero-order valence-electron chi connectivity index (χ0n) is 10.2.